The number of nitrogens with zero attached hydrogens (tertiary/aromatic N) is 4. The van der Waals surface area contributed by atoms with Crippen LogP contribution < -0.4 is 11.1 Å². The Hall–Kier alpha value is -2.30. The highest BCUT2D eigenvalue weighted by molar-refractivity contribution is 5.82. The predicted molar refractivity (Wildman–Crippen MR) is 74.5 cm³/mol. The van der Waals surface area contributed by atoms with Gasteiger partial charge in [0.05, 0.1) is 6.33 Å². The molecule has 1 amide bonds. The molecule has 3 rings (SSSR count). The first-order chi connectivity index (χ1) is 10.6. The van der Waals surface area contributed by atoms with Crippen LogP contribution in [-0.2, 0) is 14.3 Å². The molecule has 1 fully saturated rings. The lowest BCUT2D eigenvalue weighted by molar-refractivity contribution is -0.137. The lowest BCUT2D eigenvalue weighted by Gasteiger charge is -2.19. The number of rotatable bonds is 3. The first-order valence-electron chi connectivity index (χ1n) is 6.59. The zero-order chi connectivity index (χ0) is 15.9. The fourth-order valence-electron chi connectivity index (χ4n) is 2.54. The van der Waals surface area contributed by atoms with Gasteiger partial charge in [0.1, 0.15) is 24.1 Å². The number of ether oxygens (including phenoxy) is 2. The number of aliphatic hydroxyl groups is 1. The van der Waals surface area contributed by atoms with E-state index in [0.717, 1.165) is 0 Å². The topological polar surface area (TPSA) is 137 Å². The van der Waals surface area contributed by atoms with Crippen LogP contribution >= 0.6 is 0 Å². The summed E-state index contributed by atoms with van der Waals surface area (Å²) in [5.41, 5.74) is 6.60. The van der Waals surface area contributed by atoms with Crippen LogP contribution in [0.1, 0.15) is 6.23 Å². The number of hydrogen-bond donors (Lipinski definition) is 3. The maximum Gasteiger partial charge on any atom is 0.251 e. The number of aliphatic hydroxyl groups excluding tert-OH is 1. The Balaban J connectivity index is 2.02. The van der Waals surface area contributed by atoms with Gasteiger partial charge in [-0.1, -0.05) is 0 Å². The Morgan fingerprint density at radius 2 is 2.27 bits per heavy atom. The minimum absolute atomic E-state index is 0.235. The number of nitrogens with two attached hydrogens (primary N) is 1. The molecule has 2 aromatic rings. The number of nitrogens with one attached hydrogen (secondary N) is 1. The minimum atomic E-state index is -1.12. The number of aromatic nitrogens is 4. The molecule has 10 heteroatoms. The van der Waals surface area contributed by atoms with Crippen molar-refractivity contribution >= 4 is 22.9 Å². The van der Waals surface area contributed by atoms with E-state index in [1.807, 2.05) is 0 Å². The van der Waals surface area contributed by atoms with Crippen molar-refractivity contribution in [3.63, 3.8) is 0 Å². The standard InChI is InChI=1S/C12H16N6O4/c1-14-11(20)7-6(19)8(21-2)12(22-7)18-4-17-5-9(13)15-3-16-10(5)18/h3-4,6-8,12,19H,1-2H3,(H,14,20)(H2,13,15,16)/t6-,7+,8-,12-/m1/s1. The second-order valence-electron chi connectivity index (χ2n) is 4.84. The van der Waals surface area contributed by atoms with Crippen molar-refractivity contribution in [2.45, 2.75) is 24.5 Å². The van der Waals surface area contributed by atoms with Crippen LogP contribution in [-0.4, -0.2) is 63.0 Å². The highest BCUT2D eigenvalue weighted by atomic mass is 16.6. The first-order valence-corrected chi connectivity index (χ1v) is 6.59. The quantitative estimate of drug-likeness (QED) is 0.618. The third-order valence-corrected chi connectivity index (χ3v) is 3.65. The first kappa shape index (κ1) is 14.6. The van der Waals surface area contributed by atoms with Crippen LogP contribution in [0.4, 0.5) is 5.82 Å². The van der Waals surface area contributed by atoms with E-state index in [2.05, 4.69) is 20.3 Å². The number of nitrogen functional groups attached to an aromatic ring is 1. The number of carbonyl (C=O) groups excluding carboxylic acids is 1. The Labute approximate surface area is 125 Å². The predicted octanol–water partition coefficient (Wildman–Crippen LogP) is -1.57. The smallest absolute Gasteiger partial charge is 0.251 e. The summed E-state index contributed by atoms with van der Waals surface area (Å²) in [5, 5.41) is 12.7. The molecule has 4 N–H and O–H groups in total. The number of anilines is 1. The molecule has 0 aromatic carbocycles. The second-order valence-corrected chi connectivity index (χ2v) is 4.84. The van der Waals surface area contributed by atoms with Crippen LogP contribution in [0, 0.1) is 0 Å². The van der Waals surface area contributed by atoms with E-state index in [1.165, 1.54) is 26.8 Å². The van der Waals surface area contributed by atoms with Gasteiger partial charge in [0.2, 0.25) is 0 Å². The van der Waals surface area contributed by atoms with E-state index in [-0.39, 0.29) is 5.82 Å². The number of hydrogen-bond acceptors (Lipinski definition) is 8. The minimum Gasteiger partial charge on any atom is -0.387 e. The molecule has 0 radical (unpaired) electrons. The number of likely N-dealkylation sites (N-methyl/N-ethyl adjacent to an activating group) is 1. The molecule has 2 aromatic heterocycles. The summed E-state index contributed by atoms with van der Waals surface area (Å²) in [7, 11) is 2.90. The van der Waals surface area contributed by atoms with E-state index in [1.54, 1.807) is 4.57 Å². The SMILES string of the molecule is CNC(=O)[C@H]1O[C@@H](n2cnc3c(N)ncnc32)[C@H](OC)[C@@H]1O. The molecule has 118 valence electrons. The summed E-state index contributed by atoms with van der Waals surface area (Å²) in [5.74, 6) is -0.199. The largest absolute Gasteiger partial charge is 0.387 e. The molecule has 3 heterocycles. The Kier molecular flexibility index (Phi) is 3.64. The maximum atomic E-state index is 11.8. The number of carbonyl (C=O) groups is 1. The van der Waals surface area contributed by atoms with Gasteiger partial charge in [-0.05, 0) is 0 Å². The van der Waals surface area contributed by atoms with Crippen LogP contribution in [0.2, 0.25) is 0 Å². The van der Waals surface area contributed by atoms with Crippen LogP contribution in [0.5, 0.6) is 0 Å². The van der Waals surface area contributed by atoms with Gasteiger partial charge >= 0.3 is 0 Å². The van der Waals surface area contributed by atoms with E-state index in [0.29, 0.717) is 11.2 Å². The molecule has 0 aliphatic carbocycles. The van der Waals surface area contributed by atoms with E-state index in [9.17, 15) is 9.90 Å². The second kappa shape index (κ2) is 5.48. The highest BCUT2D eigenvalue weighted by Gasteiger charge is 2.48. The van der Waals surface area contributed by atoms with Gasteiger partial charge in [0.15, 0.2) is 23.8 Å². The summed E-state index contributed by atoms with van der Waals surface area (Å²) in [6, 6.07) is 0. The third-order valence-electron chi connectivity index (χ3n) is 3.65. The van der Waals surface area contributed by atoms with Crippen molar-refractivity contribution in [2.75, 3.05) is 19.9 Å². The van der Waals surface area contributed by atoms with Crippen molar-refractivity contribution in [3.8, 4) is 0 Å². The van der Waals surface area contributed by atoms with Gasteiger partial charge in [0.25, 0.3) is 5.91 Å². The summed E-state index contributed by atoms with van der Waals surface area (Å²) in [4.78, 5) is 23.9. The number of methoxy groups -OCH3 is 1. The van der Waals surface area contributed by atoms with E-state index >= 15 is 0 Å². The van der Waals surface area contributed by atoms with Gasteiger partial charge in [0, 0.05) is 14.2 Å². The average molecular weight is 308 g/mol. The van der Waals surface area contributed by atoms with Crippen LogP contribution in [0.3, 0.4) is 0 Å². The van der Waals surface area contributed by atoms with Crippen LogP contribution in [0.25, 0.3) is 11.2 Å². The molecular weight excluding hydrogens is 292 g/mol. The molecule has 1 aliphatic heterocycles. The molecule has 4 atom stereocenters. The Bertz CT molecular complexity index is 704. The molecule has 1 saturated heterocycles. The van der Waals surface area contributed by atoms with E-state index < -0.39 is 30.4 Å². The lowest BCUT2D eigenvalue weighted by Crippen LogP contribution is -2.41. The van der Waals surface area contributed by atoms with Crippen molar-refractivity contribution in [3.05, 3.63) is 12.7 Å². The zero-order valence-corrected chi connectivity index (χ0v) is 12.0. The van der Waals surface area contributed by atoms with Crippen molar-refractivity contribution in [2.24, 2.45) is 0 Å². The molecule has 10 nitrogen and oxygen atoms in total. The molecular formula is C12H16N6O4. The Morgan fingerprint density at radius 3 is 2.95 bits per heavy atom. The van der Waals surface area contributed by atoms with Gasteiger partial charge in [-0.2, -0.15) is 0 Å². The fourth-order valence-corrected chi connectivity index (χ4v) is 2.54. The summed E-state index contributed by atoms with van der Waals surface area (Å²) >= 11 is 0. The average Bonchev–Trinajstić information content (AvgIpc) is 3.08. The molecule has 0 spiro atoms. The van der Waals surface area contributed by atoms with Gasteiger partial charge in [-0.15, -0.1) is 0 Å². The maximum absolute atomic E-state index is 11.8. The molecule has 0 unspecified atom stereocenters. The normalized spacial score (nSPS) is 28.1. The Morgan fingerprint density at radius 1 is 1.50 bits per heavy atom. The number of fused-ring (bicyclic) bond motifs is 1. The van der Waals surface area contributed by atoms with Gasteiger partial charge in [-0.25, -0.2) is 15.0 Å². The summed E-state index contributed by atoms with van der Waals surface area (Å²) < 4.78 is 12.5. The monoisotopic (exact) mass is 308 g/mol. The van der Waals surface area contributed by atoms with Gasteiger partial charge < -0.3 is 25.6 Å². The molecule has 1 aliphatic rings. The van der Waals surface area contributed by atoms with Gasteiger partial charge in [-0.3, -0.25) is 9.36 Å². The van der Waals surface area contributed by atoms with Crippen molar-refractivity contribution in [1.82, 2.24) is 24.8 Å². The summed E-state index contributed by atoms with van der Waals surface area (Å²) in [6.07, 6.45) is -0.911. The number of amides is 1. The summed E-state index contributed by atoms with van der Waals surface area (Å²) in [6.45, 7) is 0. The zero-order valence-electron chi connectivity index (χ0n) is 12.0. The molecule has 0 bridgehead atoms. The number of imidazole rings is 1. The molecule has 22 heavy (non-hydrogen) atoms. The van der Waals surface area contributed by atoms with Crippen LogP contribution in [0.15, 0.2) is 12.7 Å². The van der Waals surface area contributed by atoms with Crippen molar-refractivity contribution in [1.29, 1.82) is 0 Å². The van der Waals surface area contributed by atoms with E-state index in [4.69, 9.17) is 15.2 Å². The molecule has 0 saturated carbocycles. The fraction of sp³-hybridized carbons (Fsp3) is 0.500. The lowest BCUT2D eigenvalue weighted by atomic mass is 10.1. The highest BCUT2D eigenvalue weighted by Crippen LogP contribution is 2.33. The van der Waals surface area contributed by atoms with Crippen molar-refractivity contribution < 1.29 is 19.4 Å². The third kappa shape index (κ3) is 2.08.